The lowest BCUT2D eigenvalue weighted by Gasteiger charge is -2.15. The molecule has 0 spiro atoms. The molecule has 0 aliphatic rings. The number of benzene rings is 2. The zero-order valence-corrected chi connectivity index (χ0v) is 12.9. The van der Waals surface area contributed by atoms with Crippen LogP contribution in [0.5, 0.6) is 11.5 Å². The lowest BCUT2D eigenvalue weighted by atomic mass is 10.1. The van der Waals surface area contributed by atoms with Crippen molar-refractivity contribution in [2.45, 2.75) is 27.3 Å². The maximum absolute atomic E-state index is 6.28. The Morgan fingerprint density at radius 1 is 1.05 bits per heavy atom. The molecule has 1 N–H and O–H groups in total. The van der Waals surface area contributed by atoms with Gasteiger partial charge in [-0.05, 0) is 49.7 Å². The lowest BCUT2D eigenvalue weighted by molar-refractivity contribution is 0.469. The smallest absolute Gasteiger partial charge is 0.133 e. The predicted octanol–water partition coefficient (Wildman–Crippen LogP) is 4.86. The maximum atomic E-state index is 6.28. The fourth-order valence-corrected chi connectivity index (χ4v) is 2.24. The second kappa shape index (κ2) is 6.78. The lowest BCUT2D eigenvalue weighted by Crippen LogP contribution is -2.12. The third kappa shape index (κ3) is 3.33. The first kappa shape index (κ1) is 14.9. The van der Waals surface area contributed by atoms with E-state index in [2.05, 4.69) is 32.2 Å². The Morgan fingerprint density at radius 3 is 2.50 bits per heavy atom. The molecule has 2 aromatic carbocycles. The van der Waals surface area contributed by atoms with E-state index in [-0.39, 0.29) is 0 Å². The van der Waals surface area contributed by atoms with Crippen LogP contribution >= 0.6 is 11.6 Å². The number of ether oxygens (including phenoxy) is 1. The molecule has 0 saturated carbocycles. The van der Waals surface area contributed by atoms with Crippen molar-refractivity contribution in [2.75, 3.05) is 6.54 Å². The van der Waals surface area contributed by atoms with Crippen LogP contribution in [0.3, 0.4) is 0 Å². The number of halogens is 1. The van der Waals surface area contributed by atoms with Crippen molar-refractivity contribution < 1.29 is 4.74 Å². The van der Waals surface area contributed by atoms with Gasteiger partial charge in [0.1, 0.15) is 11.5 Å². The van der Waals surface area contributed by atoms with Gasteiger partial charge in [-0.2, -0.15) is 0 Å². The average Bonchev–Trinajstić information content (AvgIpc) is 2.43. The highest BCUT2D eigenvalue weighted by Crippen LogP contribution is 2.32. The molecular formula is C17H20ClNO. The molecule has 0 atom stereocenters. The largest absolute Gasteiger partial charge is 0.457 e. The summed E-state index contributed by atoms with van der Waals surface area (Å²) < 4.78 is 6.07. The standard InChI is InChI=1S/C17H20ClNO/c1-4-19-11-14-15(18)8-6-10-17(14)20-16-9-5-7-12(2)13(16)3/h5-10,19H,4,11H2,1-3H3. The van der Waals surface area contributed by atoms with Crippen molar-refractivity contribution in [2.24, 2.45) is 0 Å². The molecule has 2 nitrogen and oxygen atoms in total. The van der Waals surface area contributed by atoms with E-state index >= 15 is 0 Å². The zero-order chi connectivity index (χ0) is 14.5. The molecule has 0 aliphatic heterocycles. The van der Waals surface area contributed by atoms with Crippen LogP contribution in [-0.4, -0.2) is 6.54 Å². The van der Waals surface area contributed by atoms with Crippen LogP contribution in [0, 0.1) is 13.8 Å². The van der Waals surface area contributed by atoms with Crippen molar-refractivity contribution >= 4 is 11.6 Å². The first-order valence-corrected chi connectivity index (χ1v) is 7.23. The Morgan fingerprint density at radius 2 is 1.75 bits per heavy atom. The molecule has 0 amide bonds. The SMILES string of the molecule is CCNCc1c(Cl)cccc1Oc1cccc(C)c1C. The highest BCUT2D eigenvalue weighted by atomic mass is 35.5. The molecule has 0 radical (unpaired) electrons. The Hall–Kier alpha value is -1.51. The summed E-state index contributed by atoms with van der Waals surface area (Å²) >= 11 is 6.28. The van der Waals surface area contributed by atoms with E-state index in [1.54, 1.807) is 0 Å². The van der Waals surface area contributed by atoms with Crippen molar-refractivity contribution in [3.8, 4) is 11.5 Å². The molecule has 0 heterocycles. The Bertz CT molecular complexity index is 596. The molecule has 0 aliphatic carbocycles. The van der Waals surface area contributed by atoms with E-state index in [0.29, 0.717) is 6.54 Å². The summed E-state index contributed by atoms with van der Waals surface area (Å²) in [6.45, 7) is 7.82. The quantitative estimate of drug-likeness (QED) is 0.849. The summed E-state index contributed by atoms with van der Waals surface area (Å²) in [5.41, 5.74) is 3.37. The fourth-order valence-electron chi connectivity index (χ4n) is 2.01. The van der Waals surface area contributed by atoms with Gasteiger partial charge in [-0.15, -0.1) is 0 Å². The van der Waals surface area contributed by atoms with Crippen LogP contribution in [0.2, 0.25) is 5.02 Å². The van der Waals surface area contributed by atoms with Crippen LogP contribution in [0.4, 0.5) is 0 Å². The van der Waals surface area contributed by atoms with Crippen molar-refractivity contribution in [3.63, 3.8) is 0 Å². The fraction of sp³-hybridized carbons (Fsp3) is 0.294. The number of hydrogen-bond acceptors (Lipinski definition) is 2. The van der Waals surface area contributed by atoms with Gasteiger partial charge in [0.05, 0.1) is 0 Å². The van der Waals surface area contributed by atoms with Gasteiger partial charge in [-0.1, -0.05) is 36.7 Å². The van der Waals surface area contributed by atoms with Crippen molar-refractivity contribution in [1.29, 1.82) is 0 Å². The molecule has 106 valence electrons. The second-order valence-corrected chi connectivity index (χ2v) is 5.20. The minimum Gasteiger partial charge on any atom is -0.457 e. The van der Waals surface area contributed by atoms with Crippen LogP contribution in [0.25, 0.3) is 0 Å². The van der Waals surface area contributed by atoms with Crippen LogP contribution < -0.4 is 10.1 Å². The van der Waals surface area contributed by atoms with E-state index in [0.717, 1.165) is 34.2 Å². The minimum absolute atomic E-state index is 0.705. The summed E-state index contributed by atoms with van der Waals surface area (Å²) in [6.07, 6.45) is 0. The monoisotopic (exact) mass is 289 g/mol. The highest BCUT2D eigenvalue weighted by Gasteiger charge is 2.10. The van der Waals surface area contributed by atoms with E-state index in [4.69, 9.17) is 16.3 Å². The second-order valence-electron chi connectivity index (χ2n) is 4.80. The van der Waals surface area contributed by atoms with E-state index < -0.39 is 0 Å². The molecule has 20 heavy (non-hydrogen) atoms. The van der Waals surface area contributed by atoms with Crippen molar-refractivity contribution in [3.05, 3.63) is 58.1 Å². The van der Waals surface area contributed by atoms with Gasteiger partial charge >= 0.3 is 0 Å². The third-order valence-corrected chi connectivity index (χ3v) is 3.76. The molecule has 0 aromatic heterocycles. The molecule has 0 fully saturated rings. The van der Waals surface area contributed by atoms with Gasteiger partial charge in [0.2, 0.25) is 0 Å². The van der Waals surface area contributed by atoms with Gasteiger partial charge in [0, 0.05) is 17.1 Å². The highest BCUT2D eigenvalue weighted by molar-refractivity contribution is 6.31. The maximum Gasteiger partial charge on any atom is 0.133 e. The predicted molar refractivity (Wildman–Crippen MR) is 84.8 cm³/mol. The normalized spacial score (nSPS) is 10.6. The molecule has 2 aromatic rings. The van der Waals surface area contributed by atoms with Crippen LogP contribution in [0.1, 0.15) is 23.6 Å². The van der Waals surface area contributed by atoms with Crippen LogP contribution in [0.15, 0.2) is 36.4 Å². The van der Waals surface area contributed by atoms with E-state index in [1.165, 1.54) is 5.56 Å². The topological polar surface area (TPSA) is 21.3 Å². The summed E-state index contributed by atoms with van der Waals surface area (Å²) in [5, 5.41) is 4.02. The van der Waals surface area contributed by atoms with Gasteiger partial charge in [-0.25, -0.2) is 0 Å². The van der Waals surface area contributed by atoms with Crippen molar-refractivity contribution in [1.82, 2.24) is 5.32 Å². The van der Waals surface area contributed by atoms with E-state index in [1.807, 2.05) is 30.3 Å². The number of hydrogen-bond donors (Lipinski definition) is 1. The van der Waals surface area contributed by atoms with Gasteiger partial charge in [0.15, 0.2) is 0 Å². The Labute approximate surface area is 125 Å². The summed E-state index contributed by atoms with van der Waals surface area (Å²) in [6, 6.07) is 11.8. The third-order valence-electron chi connectivity index (χ3n) is 3.40. The zero-order valence-electron chi connectivity index (χ0n) is 12.2. The van der Waals surface area contributed by atoms with Gasteiger partial charge in [-0.3, -0.25) is 0 Å². The van der Waals surface area contributed by atoms with Crippen LogP contribution in [-0.2, 0) is 6.54 Å². The minimum atomic E-state index is 0.705. The molecule has 2 rings (SSSR count). The van der Waals surface area contributed by atoms with Gasteiger partial charge in [0.25, 0.3) is 0 Å². The molecule has 0 unspecified atom stereocenters. The molecule has 0 bridgehead atoms. The first-order valence-electron chi connectivity index (χ1n) is 6.85. The van der Waals surface area contributed by atoms with Gasteiger partial charge < -0.3 is 10.1 Å². The first-order chi connectivity index (χ1) is 9.63. The summed E-state index contributed by atoms with van der Waals surface area (Å²) in [4.78, 5) is 0. The average molecular weight is 290 g/mol. The Balaban J connectivity index is 2.33. The molecular weight excluding hydrogens is 270 g/mol. The summed E-state index contributed by atoms with van der Waals surface area (Å²) in [7, 11) is 0. The summed E-state index contributed by atoms with van der Waals surface area (Å²) in [5.74, 6) is 1.69. The number of nitrogens with one attached hydrogen (secondary N) is 1. The molecule has 3 heteroatoms. The van der Waals surface area contributed by atoms with E-state index in [9.17, 15) is 0 Å². The number of aryl methyl sites for hydroxylation is 1. The Kier molecular flexibility index (Phi) is 5.05. The number of rotatable bonds is 5. The molecule has 0 saturated heterocycles.